The van der Waals surface area contributed by atoms with E-state index in [1.807, 2.05) is 0 Å². The van der Waals surface area contributed by atoms with Crippen LogP contribution in [-0.2, 0) is 16.0 Å². The molecule has 0 heterocycles. The van der Waals surface area contributed by atoms with Crippen molar-refractivity contribution in [2.24, 2.45) is 11.7 Å². The Labute approximate surface area is 88.0 Å². The molecule has 82 valence electrons. The van der Waals surface area contributed by atoms with Gasteiger partial charge in [0.05, 0.1) is 13.0 Å². The predicted octanol–water partition coefficient (Wildman–Crippen LogP) is 1.12. The average molecular weight is 211 g/mol. The second kappa shape index (κ2) is 5.46. The first kappa shape index (κ1) is 11.7. The summed E-state index contributed by atoms with van der Waals surface area (Å²) in [5.41, 5.74) is 5.91. The largest absolute Gasteiger partial charge is 0.469 e. The molecular weight excluding hydrogens is 197 g/mol. The van der Waals surface area contributed by atoms with Crippen LogP contribution < -0.4 is 5.73 Å². The first-order valence-corrected chi connectivity index (χ1v) is 4.70. The lowest BCUT2D eigenvalue weighted by atomic mass is 9.99. The zero-order chi connectivity index (χ0) is 11.3. The van der Waals surface area contributed by atoms with Gasteiger partial charge >= 0.3 is 5.97 Å². The van der Waals surface area contributed by atoms with E-state index in [-0.39, 0.29) is 18.8 Å². The SMILES string of the molecule is COC(=O)[C@H](CN)Cc1ccccc1F. The summed E-state index contributed by atoms with van der Waals surface area (Å²) < 4.78 is 17.8. The molecule has 0 aliphatic rings. The number of nitrogens with two attached hydrogens (primary N) is 1. The Kier molecular flexibility index (Phi) is 4.24. The zero-order valence-electron chi connectivity index (χ0n) is 8.57. The number of ether oxygens (including phenoxy) is 1. The molecule has 0 aliphatic carbocycles. The number of esters is 1. The van der Waals surface area contributed by atoms with Crippen molar-refractivity contribution in [3.63, 3.8) is 0 Å². The number of methoxy groups -OCH3 is 1. The van der Waals surface area contributed by atoms with Gasteiger partial charge in [0.2, 0.25) is 0 Å². The molecule has 1 atom stereocenters. The van der Waals surface area contributed by atoms with Gasteiger partial charge in [-0.15, -0.1) is 0 Å². The van der Waals surface area contributed by atoms with Crippen molar-refractivity contribution in [1.82, 2.24) is 0 Å². The summed E-state index contributed by atoms with van der Waals surface area (Å²) in [6.07, 6.45) is 0.274. The van der Waals surface area contributed by atoms with Crippen LogP contribution in [-0.4, -0.2) is 19.6 Å². The van der Waals surface area contributed by atoms with Crippen LogP contribution in [0.2, 0.25) is 0 Å². The number of hydrogen-bond acceptors (Lipinski definition) is 3. The molecule has 1 aromatic rings. The van der Waals surface area contributed by atoms with Gasteiger partial charge in [0.25, 0.3) is 0 Å². The van der Waals surface area contributed by atoms with Crippen LogP contribution in [0.3, 0.4) is 0 Å². The van der Waals surface area contributed by atoms with E-state index < -0.39 is 11.9 Å². The minimum Gasteiger partial charge on any atom is -0.469 e. The van der Waals surface area contributed by atoms with Crippen molar-refractivity contribution in [3.05, 3.63) is 35.6 Å². The summed E-state index contributed by atoms with van der Waals surface area (Å²) in [7, 11) is 1.30. The third-order valence-electron chi connectivity index (χ3n) is 2.24. The molecule has 0 amide bonds. The summed E-state index contributed by atoms with van der Waals surface area (Å²) >= 11 is 0. The summed E-state index contributed by atoms with van der Waals surface area (Å²) in [6, 6.07) is 6.33. The Morgan fingerprint density at radius 2 is 2.20 bits per heavy atom. The Morgan fingerprint density at radius 1 is 1.53 bits per heavy atom. The molecule has 15 heavy (non-hydrogen) atoms. The molecule has 2 N–H and O–H groups in total. The van der Waals surface area contributed by atoms with E-state index in [4.69, 9.17) is 5.73 Å². The fourth-order valence-corrected chi connectivity index (χ4v) is 1.36. The normalized spacial score (nSPS) is 12.2. The molecular formula is C11H14FNO2. The molecule has 0 aliphatic heterocycles. The molecule has 4 heteroatoms. The minimum atomic E-state index is -0.480. The second-order valence-electron chi connectivity index (χ2n) is 3.25. The van der Waals surface area contributed by atoms with Gasteiger partial charge in [-0.25, -0.2) is 4.39 Å². The van der Waals surface area contributed by atoms with Crippen LogP contribution in [0.5, 0.6) is 0 Å². The summed E-state index contributed by atoms with van der Waals surface area (Å²) in [5.74, 6) is -1.20. The van der Waals surface area contributed by atoms with Gasteiger partial charge in [0, 0.05) is 6.54 Å². The molecule has 1 aromatic carbocycles. The van der Waals surface area contributed by atoms with Crippen molar-refractivity contribution < 1.29 is 13.9 Å². The fourth-order valence-electron chi connectivity index (χ4n) is 1.36. The van der Waals surface area contributed by atoms with Crippen LogP contribution in [0.15, 0.2) is 24.3 Å². The first-order chi connectivity index (χ1) is 7.19. The summed E-state index contributed by atoms with van der Waals surface area (Å²) in [4.78, 5) is 11.2. The molecule has 0 bridgehead atoms. The monoisotopic (exact) mass is 211 g/mol. The third kappa shape index (κ3) is 3.02. The van der Waals surface area contributed by atoms with Crippen LogP contribution >= 0.6 is 0 Å². The van der Waals surface area contributed by atoms with Crippen LogP contribution in [0.4, 0.5) is 4.39 Å². The molecule has 0 unspecified atom stereocenters. The summed E-state index contributed by atoms with van der Waals surface area (Å²) in [6.45, 7) is 0.154. The van der Waals surface area contributed by atoms with Gasteiger partial charge in [-0.2, -0.15) is 0 Å². The van der Waals surface area contributed by atoms with Gasteiger partial charge in [0.15, 0.2) is 0 Å². The van der Waals surface area contributed by atoms with E-state index in [0.717, 1.165) is 0 Å². The van der Waals surface area contributed by atoms with Crippen molar-refractivity contribution in [1.29, 1.82) is 0 Å². The Hall–Kier alpha value is -1.42. The Morgan fingerprint density at radius 3 is 2.73 bits per heavy atom. The van der Waals surface area contributed by atoms with Gasteiger partial charge in [-0.3, -0.25) is 4.79 Å². The standard InChI is InChI=1S/C11H14FNO2/c1-15-11(14)9(7-13)6-8-4-2-3-5-10(8)12/h2-5,9H,6-7,13H2,1H3/t9-/m0/s1. The van der Waals surface area contributed by atoms with E-state index in [2.05, 4.69) is 4.74 Å². The molecule has 0 radical (unpaired) electrons. The lowest BCUT2D eigenvalue weighted by Gasteiger charge is -2.12. The van der Waals surface area contributed by atoms with Crippen molar-refractivity contribution in [2.75, 3.05) is 13.7 Å². The second-order valence-corrected chi connectivity index (χ2v) is 3.25. The summed E-state index contributed by atoms with van der Waals surface area (Å²) in [5, 5.41) is 0. The van der Waals surface area contributed by atoms with Crippen molar-refractivity contribution in [3.8, 4) is 0 Å². The maximum Gasteiger partial charge on any atom is 0.310 e. The quantitative estimate of drug-likeness (QED) is 0.759. The molecule has 0 fully saturated rings. The molecule has 0 spiro atoms. The highest BCUT2D eigenvalue weighted by Crippen LogP contribution is 2.13. The number of hydrogen-bond donors (Lipinski definition) is 1. The molecule has 0 aromatic heterocycles. The zero-order valence-corrected chi connectivity index (χ0v) is 8.57. The van der Waals surface area contributed by atoms with Gasteiger partial charge < -0.3 is 10.5 Å². The molecule has 0 saturated heterocycles. The highest BCUT2D eigenvalue weighted by molar-refractivity contribution is 5.72. The number of rotatable bonds is 4. The molecule has 1 rings (SSSR count). The van der Waals surface area contributed by atoms with Crippen molar-refractivity contribution >= 4 is 5.97 Å². The topological polar surface area (TPSA) is 52.3 Å². The average Bonchev–Trinajstić information content (AvgIpc) is 2.27. The number of carbonyl (C=O) groups excluding carboxylic acids is 1. The van der Waals surface area contributed by atoms with E-state index in [0.29, 0.717) is 5.56 Å². The smallest absolute Gasteiger partial charge is 0.310 e. The van der Waals surface area contributed by atoms with Crippen LogP contribution in [0.1, 0.15) is 5.56 Å². The van der Waals surface area contributed by atoms with E-state index >= 15 is 0 Å². The number of benzene rings is 1. The molecule has 0 saturated carbocycles. The Balaban J connectivity index is 2.75. The van der Waals surface area contributed by atoms with Crippen LogP contribution in [0, 0.1) is 11.7 Å². The number of carbonyl (C=O) groups is 1. The third-order valence-corrected chi connectivity index (χ3v) is 2.24. The molecule has 3 nitrogen and oxygen atoms in total. The fraction of sp³-hybridized carbons (Fsp3) is 0.364. The maximum absolute atomic E-state index is 13.3. The van der Waals surface area contributed by atoms with E-state index in [9.17, 15) is 9.18 Å². The maximum atomic E-state index is 13.3. The van der Waals surface area contributed by atoms with Gasteiger partial charge in [-0.05, 0) is 18.1 Å². The minimum absolute atomic E-state index is 0.154. The predicted molar refractivity (Wildman–Crippen MR) is 54.7 cm³/mol. The lowest BCUT2D eigenvalue weighted by Crippen LogP contribution is -2.27. The lowest BCUT2D eigenvalue weighted by molar-refractivity contribution is -0.145. The van der Waals surface area contributed by atoms with Gasteiger partial charge in [-0.1, -0.05) is 18.2 Å². The highest BCUT2D eigenvalue weighted by atomic mass is 19.1. The van der Waals surface area contributed by atoms with E-state index in [1.54, 1.807) is 18.2 Å². The first-order valence-electron chi connectivity index (χ1n) is 4.70. The Bertz CT molecular complexity index is 341. The van der Waals surface area contributed by atoms with Gasteiger partial charge in [0.1, 0.15) is 5.82 Å². The van der Waals surface area contributed by atoms with E-state index in [1.165, 1.54) is 13.2 Å². The highest BCUT2D eigenvalue weighted by Gasteiger charge is 2.19. The van der Waals surface area contributed by atoms with Crippen molar-refractivity contribution in [2.45, 2.75) is 6.42 Å². The van der Waals surface area contributed by atoms with Crippen LogP contribution in [0.25, 0.3) is 0 Å². The number of halogens is 1.